The van der Waals surface area contributed by atoms with E-state index in [0.717, 1.165) is 17.2 Å². The van der Waals surface area contributed by atoms with Crippen molar-refractivity contribution in [1.82, 2.24) is 14.3 Å². The van der Waals surface area contributed by atoms with Gasteiger partial charge in [0.2, 0.25) is 10.0 Å². The first kappa shape index (κ1) is 18.7. The predicted molar refractivity (Wildman–Crippen MR) is 99.6 cm³/mol. The fourth-order valence-electron chi connectivity index (χ4n) is 2.57. The van der Waals surface area contributed by atoms with Gasteiger partial charge in [-0.25, -0.2) is 18.1 Å². The number of sulfonamides is 1. The molecule has 3 aromatic rings. The van der Waals surface area contributed by atoms with Gasteiger partial charge in [-0.05, 0) is 24.1 Å². The van der Waals surface area contributed by atoms with Crippen LogP contribution in [0.25, 0.3) is 0 Å². The molecule has 1 aromatic heterocycles. The number of aromatic nitrogens is 2. The molecule has 140 valence electrons. The highest BCUT2D eigenvalue weighted by molar-refractivity contribution is 7.89. The first-order valence-electron chi connectivity index (χ1n) is 8.13. The number of hydrogen-bond donors (Lipinski definition) is 1. The van der Waals surface area contributed by atoms with Crippen LogP contribution in [0.1, 0.15) is 16.7 Å². The minimum atomic E-state index is -3.85. The van der Waals surface area contributed by atoms with Gasteiger partial charge in [-0.1, -0.05) is 30.3 Å². The van der Waals surface area contributed by atoms with Crippen LogP contribution in [0, 0.1) is 17.0 Å². The zero-order chi connectivity index (χ0) is 19.4. The van der Waals surface area contributed by atoms with Crippen molar-refractivity contribution in [3.63, 3.8) is 0 Å². The van der Waals surface area contributed by atoms with E-state index in [9.17, 15) is 18.5 Å². The number of benzene rings is 2. The number of imidazole rings is 1. The minimum absolute atomic E-state index is 0.0926. The van der Waals surface area contributed by atoms with Crippen LogP contribution in [0.3, 0.4) is 0 Å². The van der Waals surface area contributed by atoms with Crippen molar-refractivity contribution in [3.8, 4) is 0 Å². The van der Waals surface area contributed by atoms with Crippen LogP contribution in [0.5, 0.6) is 0 Å². The lowest BCUT2D eigenvalue weighted by Crippen LogP contribution is -2.23. The molecule has 0 fully saturated rings. The van der Waals surface area contributed by atoms with Gasteiger partial charge in [0.05, 0.1) is 16.1 Å². The standard InChI is InChI=1S/C18H18N4O4S/c1-14-2-7-17(10-18(14)22(23)24)27(25,26)20-11-15-3-5-16(6-4-15)12-21-9-8-19-13-21/h2-10,13,20H,11-12H2,1H3. The van der Waals surface area contributed by atoms with Crippen molar-refractivity contribution in [2.45, 2.75) is 24.9 Å². The molecule has 0 radical (unpaired) electrons. The summed E-state index contributed by atoms with van der Waals surface area (Å²) in [7, 11) is -3.85. The van der Waals surface area contributed by atoms with Gasteiger partial charge in [0, 0.05) is 37.1 Å². The molecule has 0 bridgehead atoms. The quantitative estimate of drug-likeness (QED) is 0.496. The second-order valence-electron chi connectivity index (χ2n) is 6.08. The number of nitrogens with zero attached hydrogens (tertiary/aromatic N) is 3. The fraction of sp³-hybridized carbons (Fsp3) is 0.167. The van der Waals surface area contributed by atoms with Crippen LogP contribution in [0.15, 0.2) is 66.1 Å². The molecular formula is C18H18N4O4S. The molecule has 0 unspecified atom stereocenters. The van der Waals surface area contributed by atoms with E-state index in [1.807, 2.05) is 35.0 Å². The van der Waals surface area contributed by atoms with E-state index in [2.05, 4.69) is 9.71 Å². The molecule has 3 rings (SSSR count). The summed E-state index contributed by atoms with van der Waals surface area (Å²) in [5, 5.41) is 11.0. The predicted octanol–water partition coefficient (Wildman–Crippen LogP) is 2.63. The number of nitro benzene ring substituents is 1. The average molecular weight is 386 g/mol. The van der Waals surface area contributed by atoms with Crippen molar-refractivity contribution < 1.29 is 13.3 Å². The van der Waals surface area contributed by atoms with E-state index in [4.69, 9.17) is 0 Å². The molecular weight excluding hydrogens is 368 g/mol. The Kier molecular flexibility index (Phi) is 5.33. The Morgan fingerprint density at radius 3 is 2.48 bits per heavy atom. The minimum Gasteiger partial charge on any atom is -0.333 e. The number of nitro groups is 1. The summed E-state index contributed by atoms with van der Waals surface area (Å²) in [5.74, 6) is 0. The van der Waals surface area contributed by atoms with Crippen LogP contribution in [0.2, 0.25) is 0 Å². The molecule has 1 heterocycles. The summed E-state index contributed by atoms with van der Waals surface area (Å²) in [6, 6.07) is 11.4. The Bertz CT molecular complexity index is 1050. The number of nitrogens with one attached hydrogen (secondary N) is 1. The lowest BCUT2D eigenvalue weighted by atomic mass is 10.1. The maximum absolute atomic E-state index is 12.4. The van der Waals surface area contributed by atoms with Crippen molar-refractivity contribution in [2.75, 3.05) is 0 Å². The fourth-order valence-corrected chi connectivity index (χ4v) is 3.61. The van der Waals surface area contributed by atoms with Gasteiger partial charge in [-0.3, -0.25) is 10.1 Å². The zero-order valence-electron chi connectivity index (χ0n) is 14.6. The van der Waals surface area contributed by atoms with Gasteiger partial charge in [-0.2, -0.15) is 0 Å². The first-order chi connectivity index (χ1) is 12.8. The maximum atomic E-state index is 12.4. The van der Waals surface area contributed by atoms with E-state index in [0.29, 0.717) is 12.1 Å². The Labute approximate surface area is 156 Å². The molecule has 0 saturated carbocycles. The van der Waals surface area contributed by atoms with Crippen LogP contribution >= 0.6 is 0 Å². The maximum Gasteiger partial charge on any atom is 0.273 e. The molecule has 27 heavy (non-hydrogen) atoms. The number of hydrogen-bond acceptors (Lipinski definition) is 5. The molecule has 0 aliphatic rings. The second kappa shape index (κ2) is 7.68. The van der Waals surface area contributed by atoms with Gasteiger partial charge in [0.15, 0.2) is 0 Å². The van der Waals surface area contributed by atoms with E-state index < -0.39 is 14.9 Å². The molecule has 0 saturated heterocycles. The third-order valence-corrected chi connectivity index (χ3v) is 5.50. The van der Waals surface area contributed by atoms with E-state index >= 15 is 0 Å². The van der Waals surface area contributed by atoms with E-state index in [-0.39, 0.29) is 17.1 Å². The van der Waals surface area contributed by atoms with Crippen LogP contribution in [0.4, 0.5) is 5.69 Å². The highest BCUT2D eigenvalue weighted by Crippen LogP contribution is 2.22. The van der Waals surface area contributed by atoms with E-state index in [1.165, 1.54) is 12.1 Å². The van der Waals surface area contributed by atoms with Gasteiger partial charge in [0.25, 0.3) is 5.69 Å². The molecule has 0 aliphatic carbocycles. The van der Waals surface area contributed by atoms with Crippen LogP contribution in [-0.2, 0) is 23.1 Å². The zero-order valence-corrected chi connectivity index (χ0v) is 15.4. The summed E-state index contributed by atoms with van der Waals surface area (Å²) in [6.07, 6.45) is 5.30. The van der Waals surface area contributed by atoms with Crippen molar-refractivity contribution in [2.24, 2.45) is 0 Å². The Hall–Kier alpha value is -3.04. The Balaban J connectivity index is 1.68. The van der Waals surface area contributed by atoms with Gasteiger partial charge in [-0.15, -0.1) is 0 Å². The summed E-state index contributed by atoms with van der Waals surface area (Å²) >= 11 is 0. The largest absolute Gasteiger partial charge is 0.333 e. The normalized spacial score (nSPS) is 11.4. The summed E-state index contributed by atoms with van der Waals surface area (Å²) < 4.78 is 29.3. The van der Waals surface area contributed by atoms with E-state index in [1.54, 1.807) is 19.4 Å². The van der Waals surface area contributed by atoms with Gasteiger partial charge >= 0.3 is 0 Å². The highest BCUT2D eigenvalue weighted by Gasteiger charge is 2.19. The summed E-state index contributed by atoms with van der Waals surface area (Å²) in [5.41, 5.74) is 2.04. The molecule has 8 nitrogen and oxygen atoms in total. The summed E-state index contributed by atoms with van der Waals surface area (Å²) in [4.78, 5) is 14.3. The third kappa shape index (κ3) is 4.57. The van der Waals surface area contributed by atoms with Crippen LogP contribution in [-0.4, -0.2) is 22.9 Å². The topological polar surface area (TPSA) is 107 Å². The van der Waals surface area contributed by atoms with Crippen LogP contribution < -0.4 is 4.72 Å². The number of rotatable bonds is 7. The first-order valence-corrected chi connectivity index (χ1v) is 9.62. The Morgan fingerprint density at radius 1 is 1.15 bits per heavy atom. The third-order valence-electron chi connectivity index (χ3n) is 4.10. The van der Waals surface area contributed by atoms with Gasteiger partial charge in [0.1, 0.15) is 0 Å². The monoisotopic (exact) mass is 386 g/mol. The van der Waals surface area contributed by atoms with Gasteiger partial charge < -0.3 is 4.57 Å². The lowest BCUT2D eigenvalue weighted by molar-refractivity contribution is -0.385. The molecule has 2 aromatic carbocycles. The molecule has 9 heteroatoms. The molecule has 0 atom stereocenters. The van der Waals surface area contributed by atoms with Crippen molar-refractivity contribution in [3.05, 3.63) is 88.0 Å². The SMILES string of the molecule is Cc1ccc(S(=O)(=O)NCc2ccc(Cn3ccnc3)cc2)cc1[N+](=O)[O-]. The second-order valence-corrected chi connectivity index (χ2v) is 7.85. The average Bonchev–Trinajstić information content (AvgIpc) is 3.14. The summed E-state index contributed by atoms with van der Waals surface area (Å²) in [6.45, 7) is 2.34. The molecule has 0 aliphatic heterocycles. The van der Waals surface area contributed by atoms with Crippen molar-refractivity contribution >= 4 is 15.7 Å². The smallest absolute Gasteiger partial charge is 0.273 e. The molecule has 0 spiro atoms. The molecule has 0 amide bonds. The van der Waals surface area contributed by atoms with Crippen molar-refractivity contribution in [1.29, 1.82) is 0 Å². The number of aryl methyl sites for hydroxylation is 1. The lowest BCUT2D eigenvalue weighted by Gasteiger charge is -2.09. The molecule has 1 N–H and O–H groups in total. The Morgan fingerprint density at radius 2 is 1.85 bits per heavy atom. The highest BCUT2D eigenvalue weighted by atomic mass is 32.2.